The van der Waals surface area contributed by atoms with E-state index in [0.717, 1.165) is 13.1 Å². The number of ether oxygens (including phenoxy) is 1. The molecule has 2 amide bonds. The van der Waals surface area contributed by atoms with Gasteiger partial charge in [-0.1, -0.05) is 25.1 Å². The number of methoxy groups -OCH3 is 1. The number of nitrogens with one attached hydrogen (secondary N) is 2. The molecule has 1 heterocycles. The molecule has 0 aliphatic carbocycles. The zero-order valence-electron chi connectivity index (χ0n) is 17.1. The van der Waals surface area contributed by atoms with Crippen LogP contribution in [-0.2, 0) is 11.3 Å². The number of nitrogens with zero attached hydrogens (tertiary/aromatic N) is 1. The van der Waals surface area contributed by atoms with Gasteiger partial charge in [0.15, 0.2) is 0 Å². The fourth-order valence-corrected chi connectivity index (χ4v) is 3.70. The molecule has 6 nitrogen and oxygen atoms in total. The van der Waals surface area contributed by atoms with Gasteiger partial charge in [-0.05, 0) is 54.4 Å². The molecule has 3 aromatic rings. The van der Waals surface area contributed by atoms with Gasteiger partial charge in [0, 0.05) is 22.7 Å². The summed E-state index contributed by atoms with van der Waals surface area (Å²) in [7, 11) is 1.56. The Hall–Kier alpha value is -3.16. The first kappa shape index (κ1) is 21.5. The molecular weight excluding hydrogens is 398 g/mol. The molecule has 0 bridgehead atoms. The van der Waals surface area contributed by atoms with Gasteiger partial charge in [-0.25, -0.2) is 0 Å². The summed E-state index contributed by atoms with van der Waals surface area (Å²) in [6, 6.07) is 18.1. The molecule has 30 heavy (non-hydrogen) atoms. The monoisotopic (exact) mass is 423 g/mol. The Bertz CT molecular complexity index is 972. The summed E-state index contributed by atoms with van der Waals surface area (Å²) < 4.78 is 5.25. The number of anilines is 2. The zero-order chi connectivity index (χ0) is 21.3. The average Bonchev–Trinajstić information content (AvgIpc) is 3.27. The van der Waals surface area contributed by atoms with Gasteiger partial charge in [0.2, 0.25) is 5.91 Å². The fraction of sp³-hybridized carbons (Fsp3) is 0.217. The van der Waals surface area contributed by atoms with Crippen molar-refractivity contribution >= 4 is 34.5 Å². The predicted molar refractivity (Wildman–Crippen MR) is 121 cm³/mol. The molecule has 156 valence electrons. The second-order valence-corrected chi connectivity index (χ2v) is 7.69. The number of hydrogen-bond acceptors (Lipinski definition) is 5. The molecule has 0 aliphatic rings. The van der Waals surface area contributed by atoms with Crippen molar-refractivity contribution in [1.82, 2.24) is 4.90 Å². The van der Waals surface area contributed by atoms with E-state index in [0.29, 0.717) is 29.2 Å². The number of carbonyl (C=O) groups excluding carboxylic acids is 2. The van der Waals surface area contributed by atoms with Crippen molar-refractivity contribution in [3.63, 3.8) is 0 Å². The maximum atomic E-state index is 12.5. The number of carbonyl (C=O) groups is 2. The molecule has 2 N–H and O–H groups in total. The lowest BCUT2D eigenvalue weighted by atomic mass is 10.2. The van der Waals surface area contributed by atoms with E-state index in [1.54, 1.807) is 54.8 Å². The number of para-hydroxylation sites is 2. The molecule has 0 atom stereocenters. The standard InChI is InChI=1S/C23H25N3O3S/c1-3-26(15-19-7-6-14-30-19)16-22(27)24-18-12-10-17(11-13-18)23(28)25-20-8-4-5-9-21(20)29-2/h4-14H,3,15-16H2,1-2H3,(H,24,27)(H,25,28). The highest BCUT2D eigenvalue weighted by atomic mass is 32.1. The Kier molecular flexibility index (Phi) is 7.59. The van der Waals surface area contributed by atoms with Crippen LogP contribution in [-0.4, -0.2) is 36.9 Å². The number of thiophene rings is 1. The van der Waals surface area contributed by atoms with E-state index in [-0.39, 0.29) is 11.8 Å². The van der Waals surface area contributed by atoms with Crippen molar-refractivity contribution in [3.05, 3.63) is 76.5 Å². The summed E-state index contributed by atoms with van der Waals surface area (Å²) >= 11 is 1.69. The van der Waals surface area contributed by atoms with Crippen LogP contribution in [0.3, 0.4) is 0 Å². The first-order chi connectivity index (χ1) is 14.6. The van der Waals surface area contributed by atoms with E-state index in [1.165, 1.54) is 4.88 Å². The van der Waals surface area contributed by atoms with Crippen molar-refractivity contribution in [3.8, 4) is 5.75 Å². The van der Waals surface area contributed by atoms with Gasteiger partial charge in [0.25, 0.3) is 5.91 Å². The van der Waals surface area contributed by atoms with Gasteiger partial charge in [-0.15, -0.1) is 11.3 Å². The molecule has 3 rings (SSSR count). The molecule has 0 aliphatic heterocycles. The summed E-state index contributed by atoms with van der Waals surface area (Å²) in [6.07, 6.45) is 0. The van der Waals surface area contributed by atoms with Crippen LogP contribution in [0, 0.1) is 0 Å². The van der Waals surface area contributed by atoms with E-state index in [4.69, 9.17) is 4.74 Å². The Morgan fingerprint density at radius 1 is 1.00 bits per heavy atom. The van der Waals surface area contributed by atoms with Gasteiger partial charge in [0.05, 0.1) is 19.3 Å². The quantitative estimate of drug-likeness (QED) is 0.533. The second-order valence-electron chi connectivity index (χ2n) is 6.66. The lowest BCUT2D eigenvalue weighted by molar-refractivity contribution is -0.117. The summed E-state index contributed by atoms with van der Waals surface area (Å²) in [5.41, 5.74) is 1.75. The van der Waals surface area contributed by atoms with Crippen molar-refractivity contribution in [1.29, 1.82) is 0 Å². The fourth-order valence-electron chi connectivity index (χ4n) is 2.95. The van der Waals surface area contributed by atoms with Crippen LogP contribution < -0.4 is 15.4 Å². The van der Waals surface area contributed by atoms with Crippen LogP contribution in [0.1, 0.15) is 22.2 Å². The minimum Gasteiger partial charge on any atom is -0.495 e. The van der Waals surface area contributed by atoms with Gasteiger partial charge >= 0.3 is 0 Å². The van der Waals surface area contributed by atoms with Crippen molar-refractivity contribution in [2.45, 2.75) is 13.5 Å². The van der Waals surface area contributed by atoms with E-state index in [1.807, 2.05) is 30.5 Å². The Morgan fingerprint density at radius 3 is 2.43 bits per heavy atom. The number of likely N-dealkylation sites (N-methyl/N-ethyl adjacent to an activating group) is 1. The molecule has 0 radical (unpaired) electrons. The molecule has 0 fully saturated rings. The summed E-state index contributed by atoms with van der Waals surface area (Å²) in [4.78, 5) is 28.2. The minimum atomic E-state index is -0.245. The van der Waals surface area contributed by atoms with Gasteiger partial charge in [0.1, 0.15) is 5.75 Å². The Morgan fingerprint density at radius 2 is 1.77 bits per heavy atom. The molecular formula is C23H25N3O3S. The highest BCUT2D eigenvalue weighted by molar-refractivity contribution is 7.09. The second kappa shape index (κ2) is 10.6. The van der Waals surface area contributed by atoms with E-state index in [2.05, 4.69) is 21.6 Å². The molecule has 7 heteroatoms. The summed E-state index contributed by atoms with van der Waals surface area (Å²) in [6.45, 7) is 3.89. The van der Waals surface area contributed by atoms with Crippen LogP contribution in [0.25, 0.3) is 0 Å². The molecule has 0 unspecified atom stereocenters. The molecule has 0 saturated carbocycles. The topological polar surface area (TPSA) is 70.7 Å². The van der Waals surface area contributed by atoms with Crippen LogP contribution in [0.4, 0.5) is 11.4 Å². The Labute approximate surface area is 180 Å². The molecule has 0 spiro atoms. The van der Waals surface area contributed by atoms with Crippen LogP contribution >= 0.6 is 11.3 Å². The largest absolute Gasteiger partial charge is 0.495 e. The lowest BCUT2D eigenvalue weighted by Gasteiger charge is -2.19. The van der Waals surface area contributed by atoms with E-state index in [9.17, 15) is 9.59 Å². The average molecular weight is 424 g/mol. The maximum absolute atomic E-state index is 12.5. The Balaban J connectivity index is 1.55. The van der Waals surface area contributed by atoms with Crippen LogP contribution in [0.15, 0.2) is 66.0 Å². The summed E-state index contributed by atoms with van der Waals surface area (Å²) in [5.74, 6) is 0.267. The summed E-state index contributed by atoms with van der Waals surface area (Å²) in [5, 5.41) is 7.76. The van der Waals surface area contributed by atoms with E-state index < -0.39 is 0 Å². The highest BCUT2D eigenvalue weighted by Crippen LogP contribution is 2.24. The normalized spacial score (nSPS) is 10.6. The SMILES string of the molecule is CCN(CC(=O)Nc1ccc(C(=O)Nc2ccccc2OC)cc1)Cc1cccs1. The number of amides is 2. The minimum absolute atomic E-state index is 0.0837. The van der Waals surface area contributed by atoms with Gasteiger partial charge < -0.3 is 15.4 Å². The van der Waals surface area contributed by atoms with Crippen molar-refractivity contribution in [2.75, 3.05) is 30.8 Å². The van der Waals surface area contributed by atoms with Crippen molar-refractivity contribution in [2.24, 2.45) is 0 Å². The number of rotatable bonds is 9. The predicted octanol–water partition coefficient (Wildman–Crippen LogP) is 4.47. The van der Waals surface area contributed by atoms with Crippen molar-refractivity contribution < 1.29 is 14.3 Å². The van der Waals surface area contributed by atoms with Gasteiger partial charge in [-0.3, -0.25) is 14.5 Å². The molecule has 1 aromatic heterocycles. The third kappa shape index (κ3) is 5.92. The smallest absolute Gasteiger partial charge is 0.255 e. The third-order valence-electron chi connectivity index (χ3n) is 4.56. The molecule has 2 aromatic carbocycles. The lowest BCUT2D eigenvalue weighted by Crippen LogP contribution is -2.32. The maximum Gasteiger partial charge on any atom is 0.255 e. The van der Waals surface area contributed by atoms with Crippen LogP contribution in [0.2, 0.25) is 0 Å². The third-order valence-corrected chi connectivity index (χ3v) is 5.42. The first-order valence-electron chi connectivity index (χ1n) is 9.68. The van der Waals surface area contributed by atoms with Gasteiger partial charge in [-0.2, -0.15) is 0 Å². The first-order valence-corrected chi connectivity index (χ1v) is 10.6. The molecule has 0 saturated heterocycles. The zero-order valence-corrected chi connectivity index (χ0v) is 17.9. The van der Waals surface area contributed by atoms with Crippen LogP contribution in [0.5, 0.6) is 5.75 Å². The number of hydrogen-bond donors (Lipinski definition) is 2. The van der Waals surface area contributed by atoms with E-state index >= 15 is 0 Å². The highest BCUT2D eigenvalue weighted by Gasteiger charge is 2.12. The number of benzene rings is 2.